The molecular weight excluding hydrogens is 454 g/mol. The Morgan fingerprint density at radius 2 is 1.81 bits per heavy atom. The number of sulfone groups is 1. The lowest BCUT2D eigenvalue weighted by Gasteiger charge is -2.09. The molecule has 8 heteroatoms. The minimum Gasteiger partial charge on any atom is -0.465 e. The summed E-state index contributed by atoms with van der Waals surface area (Å²) in [4.78, 5) is 12.6. The van der Waals surface area contributed by atoms with Crippen LogP contribution in [0.2, 0.25) is 5.02 Å². The molecule has 5 nitrogen and oxygen atoms in total. The molecule has 0 amide bonds. The van der Waals surface area contributed by atoms with Gasteiger partial charge in [-0.15, -0.1) is 0 Å². The normalized spacial score (nSPS) is 24.1. The Hall–Kier alpha value is -1.88. The van der Waals surface area contributed by atoms with Crippen molar-refractivity contribution in [3.8, 4) is 6.07 Å². The van der Waals surface area contributed by atoms with Crippen molar-refractivity contribution in [2.75, 3.05) is 6.61 Å². The van der Waals surface area contributed by atoms with E-state index in [1.807, 2.05) is 6.07 Å². The maximum absolute atomic E-state index is 13.2. The number of esters is 1. The molecular formula is C19H15BrClNO4S. The van der Waals surface area contributed by atoms with Gasteiger partial charge in [-0.1, -0.05) is 39.7 Å². The van der Waals surface area contributed by atoms with Gasteiger partial charge in [0.1, 0.15) is 5.25 Å². The molecule has 27 heavy (non-hydrogen) atoms. The van der Waals surface area contributed by atoms with Crippen molar-refractivity contribution < 1.29 is 17.9 Å². The number of carbonyl (C=O) groups excluding carboxylic acids is 1. The number of rotatable bonds is 5. The third-order valence-corrected chi connectivity index (χ3v) is 7.66. The summed E-state index contributed by atoms with van der Waals surface area (Å²) in [7, 11) is -3.97. The Balaban J connectivity index is 2.12. The molecule has 0 aromatic heterocycles. The quantitative estimate of drug-likeness (QED) is 0.616. The van der Waals surface area contributed by atoms with Crippen LogP contribution in [-0.2, 0) is 19.4 Å². The van der Waals surface area contributed by atoms with E-state index in [2.05, 4.69) is 15.9 Å². The molecule has 0 bridgehead atoms. The van der Waals surface area contributed by atoms with Crippen molar-refractivity contribution in [3.63, 3.8) is 0 Å². The van der Waals surface area contributed by atoms with Crippen LogP contribution < -0.4 is 0 Å². The summed E-state index contributed by atoms with van der Waals surface area (Å²) in [5.74, 6) is -1.63. The highest BCUT2D eigenvalue weighted by atomic mass is 79.9. The fraction of sp³-hybridized carbons (Fsp3) is 0.263. The van der Waals surface area contributed by atoms with E-state index in [-0.39, 0.29) is 11.5 Å². The van der Waals surface area contributed by atoms with E-state index in [1.54, 1.807) is 31.2 Å². The van der Waals surface area contributed by atoms with Crippen LogP contribution in [0.1, 0.15) is 18.4 Å². The lowest BCUT2D eigenvalue weighted by molar-refractivity contribution is -0.147. The first-order valence-corrected chi connectivity index (χ1v) is 10.8. The van der Waals surface area contributed by atoms with Gasteiger partial charge < -0.3 is 4.74 Å². The third kappa shape index (κ3) is 3.27. The molecule has 1 saturated carbocycles. The number of hydrogen-bond donors (Lipinski definition) is 0. The zero-order valence-corrected chi connectivity index (χ0v) is 17.4. The number of hydrogen-bond acceptors (Lipinski definition) is 5. The highest BCUT2D eigenvalue weighted by Crippen LogP contribution is 2.64. The lowest BCUT2D eigenvalue weighted by Crippen LogP contribution is -2.25. The molecule has 0 radical (unpaired) electrons. The summed E-state index contributed by atoms with van der Waals surface area (Å²) in [5.41, 5.74) is -1.18. The van der Waals surface area contributed by atoms with Crippen LogP contribution in [0, 0.1) is 16.7 Å². The van der Waals surface area contributed by atoms with Crippen LogP contribution in [0.3, 0.4) is 0 Å². The van der Waals surface area contributed by atoms with Gasteiger partial charge in [0.05, 0.1) is 17.6 Å². The van der Waals surface area contributed by atoms with Crippen LogP contribution in [0.15, 0.2) is 57.9 Å². The SMILES string of the molecule is CCOC(=O)[C@]1(C#N)[C@@H](c2ccc(Br)cc2)[C@@H]1S(=O)(=O)c1ccc(Cl)cc1. The van der Waals surface area contributed by atoms with E-state index < -0.39 is 32.4 Å². The molecule has 140 valence electrons. The van der Waals surface area contributed by atoms with E-state index in [4.69, 9.17) is 16.3 Å². The molecule has 0 heterocycles. The summed E-state index contributed by atoms with van der Waals surface area (Å²) < 4.78 is 32.3. The van der Waals surface area contributed by atoms with Crippen LogP contribution >= 0.6 is 27.5 Å². The third-order valence-electron chi connectivity index (χ3n) is 4.64. The summed E-state index contributed by atoms with van der Waals surface area (Å²) in [6.07, 6.45) is 0. The van der Waals surface area contributed by atoms with Crippen molar-refractivity contribution in [2.24, 2.45) is 5.41 Å². The Kier molecular flexibility index (Phi) is 5.35. The minimum absolute atomic E-state index is 0.0143. The first-order chi connectivity index (χ1) is 12.8. The van der Waals surface area contributed by atoms with Crippen LogP contribution in [0.25, 0.3) is 0 Å². The fourth-order valence-corrected chi connectivity index (χ4v) is 5.97. The molecule has 1 aliphatic rings. The second-order valence-electron chi connectivity index (χ2n) is 6.15. The second-order valence-corrected chi connectivity index (χ2v) is 9.57. The van der Waals surface area contributed by atoms with E-state index in [0.29, 0.717) is 10.6 Å². The van der Waals surface area contributed by atoms with Gasteiger partial charge >= 0.3 is 5.97 Å². The maximum atomic E-state index is 13.2. The standard InChI is InChI=1S/C19H15BrClNO4S/c1-2-26-18(23)19(11-22)16(12-3-5-13(20)6-4-12)17(19)27(24,25)15-9-7-14(21)8-10-15/h3-10,16-17H,2H2,1H3/t16-,17-,19+/m0/s1. The van der Waals surface area contributed by atoms with Gasteiger partial charge in [-0.3, -0.25) is 4.79 Å². The van der Waals surface area contributed by atoms with Crippen molar-refractivity contribution in [3.05, 3.63) is 63.6 Å². The van der Waals surface area contributed by atoms with E-state index in [0.717, 1.165) is 4.47 Å². The molecule has 2 aromatic rings. The Bertz CT molecular complexity index is 1020. The number of nitrogens with zero attached hydrogens (tertiary/aromatic N) is 1. The molecule has 3 atom stereocenters. The predicted molar refractivity (Wildman–Crippen MR) is 104 cm³/mol. The molecule has 1 aliphatic carbocycles. The molecule has 1 fully saturated rings. The largest absolute Gasteiger partial charge is 0.465 e. The maximum Gasteiger partial charge on any atom is 0.328 e. The first-order valence-electron chi connectivity index (χ1n) is 8.12. The van der Waals surface area contributed by atoms with E-state index in [9.17, 15) is 18.5 Å². The number of benzene rings is 2. The van der Waals surface area contributed by atoms with E-state index >= 15 is 0 Å². The Labute approximate surface area is 171 Å². The summed E-state index contributed by atoms with van der Waals surface area (Å²) in [6, 6.07) is 14.5. The van der Waals surface area contributed by atoms with Gasteiger partial charge in [0.25, 0.3) is 0 Å². The predicted octanol–water partition coefficient (Wildman–Crippen LogP) is 4.12. The Morgan fingerprint density at radius 3 is 2.33 bits per heavy atom. The monoisotopic (exact) mass is 467 g/mol. The topological polar surface area (TPSA) is 84.2 Å². The smallest absolute Gasteiger partial charge is 0.328 e. The molecule has 0 saturated heterocycles. The van der Waals surface area contributed by atoms with Crippen molar-refractivity contribution >= 4 is 43.3 Å². The molecule has 0 spiro atoms. The first kappa shape index (κ1) is 19.9. The zero-order valence-electron chi connectivity index (χ0n) is 14.2. The van der Waals surface area contributed by atoms with Crippen LogP contribution in [0.4, 0.5) is 0 Å². The van der Waals surface area contributed by atoms with Gasteiger partial charge in [0, 0.05) is 15.4 Å². The molecule has 2 aromatic carbocycles. The van der Waals surface area contributed by atoms with Crippen molar-refractivity contribution in [2.45, 2.75) is 23.0 Å². The van der Waals surface area contributed by atoms with Crippen molar-refractivity contribution in [1.82, 2.24) is 0 Å². The molecule has 0 unspecified atom stereocenters. The number of ether oxygens (including phenoxy) is 1. The molecule has 0 aliphatic heterocycles. The summed E-state index contributed by atoms with van der Waals surface area (Å²) in [5, 5.41) is 8.99. The fourth-order valence-electron chi connectivity index (χ4n) is 3.33. The zero-order chi connectivity index (χ0) is 19.8. The summed E-state index contributed by atoms with van der Waals surface area (Å²) in [6.45, 7) is 1.67. The average Bonchev–Trinajstić information content (AvgIpc) is 3.34. The molecule has 3 rings (SSSR count). The highest BCUT2D eigenvalue weighted by molar-refractivity contribution is 9.10. The minimum atomic E-state index is -3.97. The number of nitriles is 1. The van der Waals surface area contributed by atoms with Gasteiger partial charge in [0.15, 0.2) is 15.3 Å². The van der Waals surface area contributed by atoms with Gasteiger partial charge in [-0.25, -0.2) is 8.42 Å². The van der Waals surface area contributed by atoms with Gasteiger partial charge in [-0.05, 0) is 48.9 Å². The average molecular weight is 469 g/mol. The number of carbonyl (C=O) groups is 1. The molecule has 0 N–H and O–H groups in total. The lowest BCUT2D eigenvalue weighted by atomic mass is 10.0. The van der Waals surface area contributed by atoms with Crippen LogP contribution in [-0.4, -0.2) is 26.2 Å². The second kappa shape index (κ2) is 7.27. The van der Waals surface area contributed by atoms with Gasteiger partial charge in [0.2, 0.25) is 0 Å². The van der Waals surface area contributed by atoms with Crippen LogP contribution in [0.5, 0.6) is 0 Å². The summed E-state index contributed by atoms with van der Waals surface area (Å²) >= 11 is 9.17. The van der Waals surface area contributed by atoms with Gasteiger partial charge in [-0.2, -0.15) is 5.26 Å². The number of halogens is 2. The van der Waals surface area contributed by atoms with E-state index in [1.165, 1.54) is 24.3 Å². The Morgan fingerprint density at radius 1 is 1.22 bits per heavy atom. The van der Waals surface area contributed by atoms with Crippen molar-refractivity contribution in [1.29, 1.82) is 5.26 Å². The highest BCUT2D eigenvalue weighted by Gasteiger charge is 2.77.